The van der Waals surface area contributed by atoms with Crippen LogP contribution in [0.1, 0.15) is 49.9 Å². The van der Waals surface area contributed by atoms with Crippen LogP contribution in [-0.4, -0.2) is 4.57 Å². The van der Waals surface area contributed by atoms with Gasteiger partial charge in [-0.3, -0.25) is 0 Å². The number of hydrogen-bond acceptors (Lipinski definition) is 3. The summed E-state index contributed by atoms with van der Waals surface area (Å²) in [5.74, 6) is 0. The Hall–Kier alpha value is -16.9. The fourth-order valence-corrected chi connectivity index (χ4v) is 21.6. The number of aromatic nitrogens is 1. The average Bonchev–Trinajstić information content (AvgIpc) is 1.24. The second kappa shape index (κ2) is 33.2. The molecule has 0 saturated carbocycles. The van der Waals surface area contributed by atoms with Crippen molar-refractivity contribution in [3.63, 3.8) is 0 Å². The van der Waals surface area contributed by atoms with E-state index < -0.39 is 0 Å². The zero-order chi connectivity index (χ0) is 89.5. The highest BCUT2D eigenvalue weighted by atomic mass is 15.2. The van der Waals surface area contributed by atoms with Crippen molar-refractivity contribution in [2.75, 3.05) is 14.7 Å². The lowest BCUT2D eigenvalue weighted by molar-refractivity contribution is 0.660. The molecule has 1 aromatic heterocycles. The molecule has 0 aliphatic heterocycles. The Balaban J connectivity index is 0.000000149. The summed E-state index contributed by atoms with van der Waals surface area (Å²) < 4.78 is 2.39. The van der Waals surface area contributed by atoms with E-state index in [9.17, 15) is 0 Å². The van der Waals surface area contributed by atoms with Crippen LogP contribution in [-0.2, 0) is 10.8 Å². The Morgan fingerprint density at radius 2 is 0.500 bits per heavy atom. The second-order valence-electron chi connectivity index (χ2n) is 36.6. The number of nitrogens with zero attached hydrogens (tertiary/aromatic N) is 4. The molecule has 0 radical (unpaired) electrons. The van der Waals surface area contributed by atoms with Crippen molar-refractivity contribution in [2.24, 2.45) is 0 Å². The Kier molecular flexibility index (Phi) is 19.9. The van der Waals surface area contributed by atoms with Gasteiger partial charge in [0.2, 0.25) is 0 Å². The molecule has 2 aliphatic rings. The summed E-state index contributed by atoms with van der Waals surface area (Å²) in [7, 11) is 0. The van der Waals surface area contributed by atoms with Crippen LogP contribution in [0.15, 0.2) is 497 Å². The first-order chi connectivity index (χ1) is 66.0. The highest BCUT2D eigenvalue weighted by Gasteiger charge is 2.38. The third kappa shape index (κ3) is 14.0. The molecule has 0 N–H and O–H groups in total. The van der Waals surface area contributed by atoms with Crippen LogP contribution >= 0.6 is 0 Å². The van der Waals surface area contributed by atoms with Crippen LogP contribution in [0.3, 0.4) is 0 Å². The zero-order valence-corrected chi connectivity index (χ0v) is 75.1. The molecular weight excluding hydrogens is 1620 g/mol. The Bertz CT molecular complexity index is 8330. The monoisotopic (exact) mass is 1710 g/mol. The van der Waals surface area contributed by atoms with Gasteiger partial charge in [0.15, 0.2) is 0 Å². The van der Waals surface area contributed by atoms with Gasteiger partial charge in [-0.1, -0.05) is 398 Å². The Labute approximate surface area is 782 Å². The molecule has 634 valence electrons. The lowest BCUT2D eigenvalue weighted by Crippen LogP contribution is -2.16. The summed E-state index contributed by atoms with van der Waals surface area (Å²) in [6.45, 7) is 9.45. The standard InChI is InChI=1S/C71H52N2.C59H42N2/c1-71(2)67-25-15-14-24-64(67)65-45-43-61(48-68(65)71)72(57-35-26-52(27-36-57)49-16-6-3-7-17-49)58-41-32-56(33-42-58)62-46-47-69(70-63-23-13-12-22-55(63)34-44-66(62)70)73(59-37-28-53(29-38-59)50-18-8-4-9-19-50)60-39-30-54(31-40-60)51-20-10-5-11-21-51;1-59(2)53-23-13-11-21-48(53)49-33-31-45(38-54(49)59)60(44-29-25-40(26-30-44)39-15-5-3-6-16-39)56-36-34-47(58-46-20-10-9-17-41(46)27-32-51(56)58)42-28-35-57-52(37-42)50-22-12-14-24-55(50)61(57)43-18-7-4-8-19-43/h3-48H,1-2H3;3-38H,1-2H3. The van der Waals surface area contributed by atoms with Gasteiger partial charge in [0, 0.05) is 77.9 Å². The highest BCUT2D eigenvalue weighted by molar-refractivity contribution is 6.22. The molecule has 4 heteroatoms. The predicted octanol–water partition coefficient (Wildman–Crippen LogP) is 36.1. The maximum absolute atomic E-state index is 2.48. The second-order valence-corrected chi connectivity index (χ2v) is 36.6. The smallest absolute Gasteiger partial charge is 0.0546 e. The van der Waals surface area contributed by atoms with Crippen LogP contribution in [0.2, 0.25) is 0 Å². The molecule has 2 aliphatic carbocycles. The van der Waals surface area contributed by atoms with Gasteiger partial charge >= 0.3 is 0 Å². The Morgan fingerprint density at radius 1 is 0.172 bits per heavy atom. The largest absolute Gasteiger partial charge is 0.310 e. The maximum Gasteiger partial charge on any atom is 0.0546 e. The molecule has 25 rings (SSSR count). The summed E-state index contributed by atoms with van der Waals surface area (Å²) in [4.78, 5) is 7.32. The molecule has 0 fully saturated rings. The first-order valence-electron chi connectivity index (χ1n) is 46.6. The molecule has 0 saturated heterocycles. The minimum absolute atomic E-state index is 0.126. The maximum atomic E-state index is 2.48. The van der Waals surface area contributed by atoms with E-state index in [0.29, 0.717) is 0 Å². The van der Waals surface area contributed by atoms with Gasteiger partial charge in [0.25, 0.3) is 0 Å². The summed E-state index contributed by atoms with van der Waals surface area (Å²) in [6, 6.07) is 183. The lowest BCUT2D eigenvalue weighted by Gasteiger charge is -2.30. The van der Waals surface area contributed by atoms with E-state index in [1.165, 1.54) is 171 Å². The summed E-state index contributed by atoms with van der Waals surface area (Å²) >= 11 is 0. The Morgan fingerprint density at radius 3 is 0.985 bits per heavy atom. The topological polar surface area (TPSA) is 14.7 Å². The predicted molar refractivity (Wildman–Crippen MR) is 569 cm³/mol. The number of para-hydroxylation sites is 2. The number of fused-ring (bicyclic) bond motifs is 15. The van der Waals surface area contributed by atoms with Crippen molar-refractivity contribution in [3.05, 3.63) is 520 Å². The van der Waals surface area contributed by atoms with Crippen LogP contribution in [0.5, 0.6) is 0 Å². The van der Waals surface area contributed by atoms with E-state index >= 15 is 0 Å². The molecule has 1 heterocycles. The van der Waals surface area contributed by atoms with E-state index in [4.69, 9.17) is 0 Å². The van der Waals surface area contributed by atoms with Crippen molar-refractivity contribution >= 4 is 116 Å². The van der Waals surface area contributed by atoms with Crippen molar-refractivity contribution in [1.29, 1.82) is 0 Å². The van der Waals surface area contributed by atoms with Gasteiger partial charge in [-0.2, -0.15) is 0 Å². The van der Waals surface area contributed by atoms with Gasteiger partial charge in [-0.25, -0.2) is 0 Å². The van der Waals surface area contributed by atoms with Gasteiger partial charge < -0.3 is 19.3 Å². The number of anilines is 9. The van der Waals surface area contributed by atoms with Gasteiger partial charge in [-0.15, -0.1) is 0 Å². The van der Waals surface area contributed by atoms with Gasteiger partial charge in [-0.05, 0) is 271 Å². The average molecular weight is 1710 g/mol. The third-order valence-corrected chi connectivity index (χ3v) is 28.3. The van der Waals surface area contributed by atoms with Crippen LogP contribution in [0.25, 0.3) is 160 Å². The fourth-order valence-electron chi connectivity index (χ4n) is 21.6. The summed E-state index contributed by atoms with van der Waals surface area (Å²) in [5, 5.41) is 12.3. The van der Waals surface area contributed by atoms with Crippen LogP contribution in [0.4, 0.5) is 51.2 Å². The molecular formula is C130H94N4. The fraction of sp³-hybridized carbons (Fsp3) is 0.0462. The molecule has 0 bridgehead atoms. The molecule has 134 heavy (non-hydrogen) atoms. The van der Waals surface area contributed by atoms with Gasteiger partial charge in [0.1, 0.15) is 0 Å². The van der Waals surface area contributed by atoms with Crippen molar-refractivity contribution in [1.82, 2.24) is 4.57 Å². The quantitative estimate of drug-likeness (QED) is 0.0896. The van der Waals surface area contributed by atoms with Crippen molar-refractivity contribution < 1.29 is 0 Å². The highest BCUT2D eigenvalue weighted by Crippen LogP contribution is 2.56. The van der Waals surface area contributed by atoms with Crippen LogP contribution < -0.4 is 14.7 Å². The zero-order valence-electron chi connectivity index (χ0n) is 75.1. The summed E-state index contributed by atoms with van der Waals surface area (Å²) in [6.07, 6.45) is 0. The minimum atomic E-state index is -0.130. The van der Waals surface area contributed by atoms with E-state index in [0.717, 1.165) is 62.4 Å². The van der Waals surface area contributed by atoms with Gasteiger partial charge in [0.05, 0.1) is 22.4 Å². The normalized spacial score (nSPS) is 12.6. The minimum Gasteiger partial charge on any atom is -0.310 e. The number of rotatable bonds is 16. The van der Waals surface area contributed by atoms with Crippen LogP contribution in [0, 0.1) is 0 Å². The van der Waals surface area contributed by atoms with Crippen molar-refractivity contribution in [2.45, 2.75) is 38.5 Å². The van der Waals surface area contributed by atoms with Crippen molar-refractivity contribution in [3.8, 4) is 94.7 Å². The lowest BCUT2D eigenvalue weighted by atomic mass is 9.82. The van der Waals surface area contributed by atoms with E-state index in [1.807, 2.05) is 0 Å². The molecule has 23 aromatic rings. The number of benzene rings is 22. The van der Waals surface area contributed by atoms with E-state index in [2.05, 4.69) is 544 Å². The van der Waals surface area contributed by atoms with E-state index in [1.54, 1.807) is 0 Å². The molecule has 4 nitrogen and oxygen atoms in total. The number of hydrogen-bond donors (Lipinski definition) is 0. The SMILES string of the molecule is CC1(C)c2ccccc2-c2ccc(N(c3ccc(-c4ccccc4)cc3)c3ccc(-c4ccc(N(c5ccc(-c6ccccc6)cc5)c5ccc(-c6ccccc6)cc5)c5c4ccc4ccccc45)cc3)cc21.CC1(C)c2ccccc2-c2ccc(N(c3ccc(-c4ccccc4)cc3)c3ccc(-c4ccc5c(c4)c4ccccc4n5-c4ccccc4)c4c3ccc3ccccc34)cc21. The molecule has 0 atom stereocenters. The first-order valence-corrected chi connectivity index (χ1v) is 46.6. The molecule has 0 amide bonds. The molecule has 0 spiro atoms. The molecule has 22 aromatic carbocycles. The summed E-state index contributed by atoms with van der Waals surface area (Å²) in [5.41, 5.74) is 38.5. The first kappa shape index (κ1) is 80.4. The van der Waals surface area contributed by atoms with E-state index in [-0.39, 0.29) is 10.8 Å². The third-order valence-electron chi connectivity index (χ3n) is 28.3. The molecule has 0 unspecified atom stereocenters.